The van der Waals surface area contributed by atoms with Gasteiger partial charge in [0.1, 0.15) is 0 Å². The summed E-state index contributed by atoms with van der Waals surface area (Å²) in [7, 11) is -12.4. The molecule has 9 nitrogen and oxygen atoms in total. The largest absolute Gasteiger partial charge is 0.415 e. The van der Waals surface area contributed by atoms with E-state index >= 15 is 0 Å². The van der Waals surface area contributed by atoms with Gasteiger partial charge in [-0.15, -0.1) is 0 Å². The molecular formula is C40H90O9Si4. The van der Waals surface area contributed by atoms with Gasteiger partial charge >= 0.3 is 34.2 Å². The van der Waals surface area contributed by atoms with Crippen LogP contribution in [0.4, 0.5) is 0 Å². The van der Waals surface area contributed by atoms with E-state index in [2.05, 4.69) is 152 Å². The molecule has 0 amide bonds. The molecule has 0 aliphatic carbocycles. The predicted octanol–water partition coefficient (Wildman–Crippen LogP) is 11.8. The van der Waals surface area contributed by atoms with E-state index in [1.165, 1.54) is 0 Å². The first-order chi connectivity index (χ1) is 23.8. The van der Waals surface area contributed by atoms with Gasteiger partial charge < -0.3 is 40.1 Å². The Morgan fingerprint density at radius 2 is 0.528 bits per heavy atom. The van der Waals surface area contributed by atoms with Crippen molar-refractivity contribution in [3.8, 4) is 0 Å². The average Bonchev–Trinajstić information content (AvgIpc) is 2.93. The summed E-state index contributed by atoms with van der Waals surface area (Å²) < 4.78 is 63.3. The summed E-state index contributed by atoms with van der Waals surface area (Å²) in [5.41, 5.74) is -0.694. The van der Waals surface area contributed by atoms with Gasteiger partial charge in [-0.05, 0) is 119 Å². The van der Waals surface area contributed by atoms with E-state index in [-0.39, 0.29) is 44.6 Å². The first-order valence-electron chi connectivity index (χ1n) is 20.8. The zero-order valence-corrected chi connectivity index (χ0v) is 43.1. The molecule has 0 aromatic rings. The van der Waals surface area contributed by atoms with E-state index in [0.29, 0.717) is 63.8 Å². The van der Waals surface area contributed by atoms with Gasteiger partial charge in [-0.3, -0.25) is 0 Å². The summed E-state index contributed by atoms with van der Waals surface area (Å²) in [6.07, 6.45) is 0. The third kappa shape index (κ3) is 19.7. The highest BCUT2D eigenvalue weighted by molar-refractivity contribution is 6.91. The Hall–Kier alpha value is 0.508. The molecule has 4 unspecified atom stereocenters. The fourth-order valence-electron chi connectivity index (χ4n) is 6.11. The van der Waals surface area contributed by atoms with Crippen molar-refractivity contribution < 1.29 is 40.1 Å². The molecule has 0 aromatic heterocycles. The van der Waals surface area contributed by atoms with E-state index in [9.17, 15) is 0 Å². The second kappa shape index (κ2) is 22.0. The Kier molecular flexibility index (Phi) is 22.2. The van der Waals surface area contributed by atoms with Crippen LogP contribution < -0.4 is 0 Å². The molecule has 0 spiro atoms. The van der Waals surface area contributed by atoms with Crippen LogP contribution in [-0.4, -0.2) is 96.3 Å². The molecule has 0 saturated carbocycles. The van der Waals surface area contributed by atoms with Crippen LogP contribution in [0.15, 0.2) is 0 Å². The lowest BCUT2D eigenvalue weighted by Crippen LogP contribution is -2.67. The third-order valence-corrected chi connectivity index (χ3v) is 29.8. The molecule has 4 atom stereocenters. The zero-order valence-electron chi connectivity index (χ0n) is 39.1. The Bertz CT molecular complexity index is 926. The van der Waals surface area contributed by atoms with E-state index in [1.54, 1.807) is 0 Å². The van der Waals surface area contributed by atoms with Crippen molar-refractivity contribution in [3.05, 3.63) is 0 Å². The Morgan fingerprint density at radius 3 is 0.698 bits per heavy atom. The second-order valence-electron chi connectivity index (χ2n) is 19.9. The molecule has 0 radical (unpaired) electrons. The van der Waals surface area contributed by atoms with Crippen LogP contribution in [0.2, 0.25) is 46.3 Å². The molecule has 0 N–H and O–H groups in total. The van der Waals surface area contributed by atoms with Crippen LogP contribution in [0.3, 0.4) is 0 Å². The van der Waals surface area contributed by atoms with E-state index < -0.39 is 34.2 Å². The Balaban J connectivity index is 7.85. The lowest BCUT2D eigenvalue weighted by molar-refractivity contribution is -0.000522. The summed E-state index contributed by atoms with van der Waals surface area (Å²) >= 11 is 0. The minimum atomic E-state index is -3.24. The van der Waals surface area contributed by atoms with Gasteiger partial charge in [0.05, 0.1) is 22.4 Å². The van der Waals surface area contributed by atoms with Crippen LogP contribution in [0.1, 0.15) is 152 Å². The minimum absolute atomic E-state index is 0.0740. The smallest absolute Gasteiger partial charge is 0.334 e. The number of rotatable bonds is 26. The van der Waals surface area contributed by atoms with Crippen LogP contribution in [0.25, 0.3) is 0 Å². The van der Waals surface area contributed by atoms with Crippen LogP contribution >= 0.6 is 0 Å². The Morgan fingerprint density at radius 1 is 0.340 bits per heavy atom. The van der Waals surface area contributed by atoms with Crippen molar-refractivity contribution in [2.45, 2.75) is 221 Å². The minimum Gasteiger partial charge on any atom is -0.415 e. The second-order valence-corrected chi connectivity index (χ2v) is 36.0. The molecule has 0 fully saturated rings. The van der Waals surface area contributed by atoms with Gasteiger partial charge in [-0.1, -0.05) is 55.4 Å². The van der Waals surface area contributed by atoms with Gasteiger partial charge in [0, 0.05) is 63.8 Å². The van der Waals surface area contributed by atoms with Gasteiger partial charge in [-0.25, -0.2) is 0 Å². The fourth-order valence-corrected chi connectivity index (χ4v) is 28.6. The van der Waals surface area contributed by atoms with Crippen LogP contribution in [0.5, 0.6) is 0 Å². The fraction of sp³-hybridized carbons (Fsp3) is 1.00. The molecular weight excluding hydrogens is 737 g/mol. The lowest BCUT2D eigenvalue weighted by Gasteiger charge is -2.52. The van der Waals surface area contributed by atoms with E-state index in [4.69, 9.17) is 40.1 Å². The molecule has 0 rings (SSSR count). The molecule has 0 saturated heterocycles. The van der Waals surface area contributed by atoms with Crippen molar-refractivity contribution in [3.63, 3.8) is 0 Å². The topological polar surface area (TPSA) is 83.1 Å². The summed E-state index contributed by atoms with van der Waals surface area (Å²) in [5.74, 6) is 0. The summed E-state index contributed by atoms with van der Waals surface area (Å²) in [6, 6.07) is 2.72. The normalized spacial score (nSPS) is 18.5. The summed E-state index contributed by atoms with van der Waals surface area (Å²) in [6.45, 7) is 50.7. The van der Waals surface area contributed by atoms with Crippen molar-refractivity contribution in [1.82, 2.24) is 0 Å². The third-order valence-electron chi connectivity index (χ3n) is 9.27. The maximum Gasteiger partial charge on any atom is 0.334 e. The predicted molar refractivity (Wildman–Crippen MR) is 232 cm³/mol. The standard InChI is InChI=1S/C40H90O9Si4/c1-23-45-50(33(3)4,29-25-41-37(11,12)13)47-52(35(7)8,31-27-43-39(17,18)19)49-53(36(9)10,32-28-44-40(20,21)22)48-51(34(5)6,46-24-2)30-26-42-38(14,15)16/h33-36H,23-32H2,1-22H3. The summed E-state index contributed by atoms with van der Waals surface area (Å²) in [4.78, 5) is 0. The van der Waals surface area contributed by atoms with Crippen molar-refractivity contribution >= 4 is 34.2 Å². The lowest BCUT2D eigenvalue weighted by atomic mass is 10.2. The van der Waals surface area contributed by atoms with Crippen molar-refractivity contribution in [2.75, 3.05) is 39.6 Å². The van der Waals surface area contributed by atoms with Gasteiger partial charge in [0.15, 0.2) is 0 Å². The van der Waals surface area contributed by atoms with Crippen LogP contribution in [0, 0.1) is 0 Å². The maximum atomic E-state index is 8.08. The SMILES string of the molecule is CCO[Si](CCOC(C)(C)C)(O[Si](CCOC(C)(C)C)(O[Si](CCOC(C)(C)C)(O[Si](CCOC(C)(C)C)(OCC)C(C)C)C(C)C)C(C)C)C(C)C. The van der Waals surface area contributed by atoms with Crippen molar-refractivity contribution in [1.29, 1.82) is 0 Å². The van der Waals surface area contributed by atoms with E-state index in [0.717, 1.165) is 0 Å². The highest BCUT2D eigenvalue weighted by Crippen LogP contribution is 2.45. The number of hydrogen-bond acceptors (Lipinski definition) is 9. The zero-order chi connectivity index (χ0) is 41.7. The maximum absolute atomic E-state index is 8.08. The molecule has 0 bridgehead atoms. The van der Waals surface area contributed by atoms with Crippen molar-refractivity contribution in [2.24, 2.45) is 0 Å². The molecule has 53 heavy (non-hydrogen) atoms. The Labute approximate surface area is 334 Å². The highest BCUT2D eigenvalue weighted by atomic mass is 28.5. The van der Waals surface area contributed by atoms with Gasteiger partial charge in [-0.2, -0.15) is 0 Å². The molecule has 0 heterocycles. The average molecular weight is 827 g/mol. The van der Waals surface area contributed by atoms with Gasteiger partial charge in [0.2, 0.25) is 0 Å². The molecule has 320 valence electrons. The van der Waals surface area contributed by atoms with E-state index in [1.807, 2.05) is 0 Å². The number of ether oxygens (including phenoxy) is 4. The first kappa shape index (κ1) is 53.5. The molecule has 0 aliphatic rings. The summed E-state index contributed by atoms with van der Waals surface area (Å²) in [5, 5.41) is 0. The first-order valence-corrected chi connectivity index (χ1v) is 29.2. The van der Waals surface area contributed by atoms with Crippen LogP contribution in [-0.2, 0) is 40.1 Å². The highest BCUT2D eigenvalue weighted by Gasteiger charge is 2.60. The quantitative estimate of drug-likeness (QED) is 0.0792. The number of hydrogen-bond donors (Lipinski definition) is 0. The molecule has 0 aliphatic heterocycles. The monoisotopic (exact) mass is 827 g/mol. The molecule has 13 heteroatoms. The van der Waals surface area contributed by atoms with Gasteiger partial charge in [0.25, 0.3) is 0 Å². The molecule has 0 aromatic carbocycles.